The molecule has 1 atom stereocenters. The molecule has 0 N–H and O–H groups in total. The van der Waals surface area contributed by atoms with E-state index >= 15 is 0 Å². The summed E-state index contributed by atoms with van der Waals surface area (Å²) < 4.78 is 0. The van der Waals surface area contributed by atoms with Gasteiger partial charge in [0.2, 0.25) is 0 Å². The number of benzene rings is 1. The van der Waals surface area contributed by atoms with Gasteiger partial charge in [-0.25, -0.2) is 0 Å². The van der Waals surface area contributed by atoms with Gasteiger partial charge in [-0.3, -0.25) is 0 Å². The van der Waals surface area contributed by atoms with Crippen molar-refractivity contribution in [3.63, 3.8) is 0 Å². The van der Waals surface area contributed by atoms with Gasteiger partial charge in [-0.15, -0.1) is 0 Å². The molecule has 0 nitrogen and oxygen atoms in total. The minimum atomic E-state index is -0.547. The summed E-state index contributed by atoms with van der Waals surface area (Å²) in [5.74, 6) is 0. The monoisotopic (exact) mass is 182 g/mol. The molecule has 0 aliphatic heterocycles. The molecule has 0 saturated carbocycles. The maximum atomic E-state index is 2.41. The summed E-state index contributed by atoms with van der Waals surface area (Å²) in [6.45, 7) is 4.83. The van der Waals surface area contributed by atoms with Crippen molar-refractivity contribution in [1.29, 1.82) is 0 Å². The van der Waals surface area contributed by atoms with Crippen LogP contribution >= 0.6 is 0 Å². The quantitative estimate of drug-likeness (QED) is 0.584. The van der Waals surface area contributed by atoms with E-state index in [4.69, 9.17) is 0 Å². The van der Waals surface area contributed by atoms with E-state index in [-0.39, 0.29) is 18.9 Å². The molecule has 0 radical (unpaired) electrons. The van der Waals surface area contributed by atoms with Gasteiger partial charge in [-0.2, -0.15) is 0 Å². The van der Waals surface area contributed by atoms with Gasteiger partial charge in [0.25, 0.3) is 0 Å². The third kappa shape index (κ3) is 1.99. The zero-order valence-electron chi connectivity index (χ0n) is 7.62. The number of rotatable bonds is 1. The summed E-state index contributed by atoms with van der Waals surface area (Å²) >= 11 is 0. The first-order chi connectivity index (χ1) is 5.79. The SMILES string of the molecule is C[SiH](C)C1C=Cc2ccccc21.[LiH]. The van der Waals surface area contributed by atoms with Crippen molar-refractivity contribution in [3.8, 4) is 0 Å². The van der Waals surface area contributed by atoms with Gasteiger partial charge in [0.15, 0.2) is 0 Å². The van der Waals surface area contributed by atoms with Gasteiger partial charge in [0, 0.05) is 8.80 Å². The van der Waals surface area contributed by atoms with E-state index in [1.807, 2.05) is 0 Å². The third-order valence-electron chi connectivity index (χ3n) is 2.56. The number of hydrogen-bond acceptors (Lipinski definition) is 0. The molecule has 1 aliphatic rings. The topological polar surface area (TPSA) is 0 Å². The zero-order chi connectivity index (χ0) is 8.55. The van der Waals surface area contributed by atoms with E-state index in [1.165, 1.54) is 5.56 Å². The molecule has 1 aromatic carbocycles. The van der Waals surface area contributed by atoms with E-state index in [9.17, 15) is 0 Å². The van der Waals surface area contributed by atoms with Crippen molar-refractivity contribution < 1.29 is 0 Å². The Morgan fingerprint density at radius 2 is 1.85 bits per heavy atom. The fourth-order valence-corrected chi connectivity index (χ4v) is 3.44. The molecule has 0 heterocycles. The molecule has 0 fully saturated rings. The second kappa shape index (κ2) is 4.33. The molecule has 0 spiro atoms. The maximum absolute atomic E-state index is 2.41. The predicted molar refractivity (Wildman–Crippen MR) is 64.2 cm³/mol. The Morgan fingerprint density at radius 1 is 1.15 bits per heavy atom. The van der Waals surface area contributed by atoms with Crippen LogP contribution in [0.2, 0.25) is 13.1 Å². The second-order valence-electron chi connectivity index (χ2n) is 3.76. The minimum absolute atomic E-state index is 0. The molecular weight excluding hydrogens is 167 g/mol. The average Bonchev–Trinajstić information content (AvgIpc) is 2.47. The summed E-state index contributed by atoms with van der Waals surface area (Å²) in [5, 5.41) is 0. The van der Waals surface area contributed by atoms with Crippen LogP contribution in [0.4, 0.5) is 0 Å². The van der Waals surface area contributed by atoms with Gasteiger partial charge in [-0.05, 0) is 16.7 Å². The number of allylic oxidation sites excluding steroid dienone is 1. The zero-order valence-corrected chi connectivity index (χ0v) is 8.77. The molecule has 2 heteroatoms. The van der Waals surface area contributed by atoms with Crippen LogP contribution in [-0.2, 0) is 0 Å². The van der Waals surface area contributed by atoms with Crippen molar-refractivity contribution in [1.82, 2.24) is 0 Å². The second-order valence-corrected chi connectivity index (χ2v) is 6.96. The van der Waals surface area contributed by atoms with Crippen LogP contribution in [0.15, 0.2) is 30.3 Å². The molecule has 2 rings (SSSR count). The van der Waals surface area contributed by atoms with Gasteiger partial charge < -0.3 is 0 Å². The average molecular weight is 182 g/mol. The van der Waals surface area contributed by atoms with Crippen LogP contribution in [0.5, 0.6) is 0 Å². The van der Waals surface area contributed by atoms with Gasteiger partial charge in [-0.1, -0.05) is 49.5 Å². The van der Waals surface area contributed by atoms with Crippen LogP contribution in [0.1, 0.15) is 16.7 Å². The Hall–Kier alpha value is -0.226. The van der Waals surface area contributed by atoms with Gasteiger partial charge >= 0.3 is 18.9 Å². The van der Waals surface area contributed by atoms with E-state index in [0.717, 1.165) is 5.54 Å². The van der Waals surface area contributed by atoms with E-state index in [2.05, 4.69) is 49.5 Å². The molecular formula is C11H15LiSi. The summed E-state index contributed by atoms with van der Waals surface area (Å²) in [6, 6.07) is 8.75. The van der Waals surface area contributed by atoms with Crippen molar-refractivity contribution in [3.05, 3.63) is 41.5 Å². The molecule has 0 bridgehead atoms. The predicted octanol–water partition coefficient (Wildman–Crippen LogP) is 2.17. The molecule has 13 heavy (non-hydrogen) atoms. The van der Waals surface area contributed by atoms with E-state index in [0.29, 0.717) is 0 Å². The van der Waals surface area contributed by atoms with Crippen LogP contribution in [0.25, 0.3) is 6.08 Å². The normalized spacial score (nSPS) is 18.5. The molecule has 0 amide bonds. The Kier molecular flexibility index (Phi) is 3.61. The molecule has 1 aromatic rings. The van der Waals surface area contributed by atoms with Crippen LogP contribution < -0.4 is 0 Å². The Bertz CT molecular complexity index is 318. The number of hydrogen-bond donors (Lipinski definition) is 0. The van der Waals surface area contributed by atoms with Crippen LogP contribution in [-0.4, -0.2) is 27.7 Å². The van der Waals surface area contributed by atoms with E-state index < -0.39 is 8.80 Å². The van der Waals surface area contributed by atoms with Crippen molar-refractivity contribution in [2.24, 2.45) is 0 Å². The first-order valence-electron chi connectivity index (χ1n) is 4.56. The first kappa shape index (κ1) is 10.9. The van der Waals surface area contributed by atoms with Crippen molar-refractivity contribution in [2.45, 2.75) is 18.6 Å². The Balaban J connectivity index is 0.000000845. The van der Waals surface area contributed by atoms with Crippen molar-refractivity contribution >= 4 is 33.7 Å². The Labute approximate surface area is 93.8 Å². The Morgan fingerprint density at radius 3 is 2.54 bits per heavy atom. The van der Waals surface area contributed by atoms with Crippen LogP contribution in [0, 0.1) is 0 Å². The third-order valence-corrected chi connectivity index (χ3v) is 4.57. The molecule has 1 unspecified atom stereocenters. The number of fused-ring (bicyclic) bond motifs is 1. The summed E-state index contributed by atoms with van der Waals surface area (Å²) in [5.41, 5.74) is 3.77. The summed E-state index contributed by atoms with van der Waals surface area (Å²) in [4.78, 5) is 0. The summed E-state index contributed by atoms with van der Waals surface area (Å²) in [7, 11) is -0.547. The molecule has 1 aliphatic carbocycles. The standard InChI is InChI=1S/C11H14Si.Li.H/c1-12(2)11-8-7-9-5-3-4-6-10(9)11;;/h3-8,11-12H,1-2H3;;. The summed E-state index contributed by atoms with van der Waals surface area (Å²) in [6.07, 6.45) is 4.65. The fourth-order valence-electron chi connectivity index (χ4n) is 1.86. The van der Waals surface area contributed by atoms with Gasteiger partial charge in [0.1, 0.15) is 0 Å². The van der Waals surface area contributed by atoms with Crippen LogP contribution in [0.3, 0.4) is 0 Å². The fraction of sp³-hybridized carbons (Fsp3) is 0.273. The first-order valence-corrected chi connectivity index (χ1v) is 7.54. The molecule has 64 valence electrons. The molecule has 0 aromatic heterocycles. The van der Waals surface area contributed by atoms with Gasteiger partial charge in [0.05, 0.1) is 0 Å². The van der Waals surface area contributed by atoms with Crippen molar-refractivity contribution in [2.75, 3.05) is 0 Å². The molecule has 0 saturated heterocycles. The van der Waals surface area contributed by atoms with E-state index in [1.54, 1.807) is 5.56 Å².